The van der Waals surface area contributed by atoms with Crippen LogP contribution in [0.4, 0.5) is 5.69 Å². The van der Waals surface area contributed by atoms with Crippen molar-refractivity contribution in [3.05, 3.63) is 71.6 Å². The second kappa shape index (κ2) is 5.01. The molecule has 0 fully saturated rings. The number of anilines is 1. The first-order valence-electron chi connectivity index (χ1n) is 6.94. The van der Waals surface area contributed by atoms with Gasteiger partial charge in [0.15, 0.2) is 5.82 Å². The zero-order valence-electron chi connectivity index (χ0n) is 11.4. The van der Waals surface area contributed by atoms with Gasteiger partial charge >= 0.3 is 0 Å². The van der Waals surface area contributed by atoms with Crippen LogP contribution in [0, 0.1) is 0 Å². The molecular weight excluding hydrogens is 264 g/mol. The topological polar surface area (TPSA) is 63.8 Å². The number of pyridine rings is 1. The number of rotatable bonds is 3. The Hall–Kier alpha value is -2.69. The van der Waals surface area contributed by atoms with Gasteiger partial charge in [-0.1, -0.05) is 29.4 Å². The van der Waals surface area contributed by atoms with Crippen LogP contribution < -0.4 is 5.32 Å². The predicted molar refractivity (Wildman–Crippen MR) is 77.9 cm³/mol. The summed E-state index contributed by atoms with van der Waals surface area (Å²) in [5, 5.41) is 7.48. The second-order valence-electron chi connectivity index (χ2n) is 5.15. The van der Waals surface area contributed by atoms with Gasteiger partial charge in [0, 0.05) is 30.9 Å². The van der Waals surface area contributed by atoms with E-state index in [0.29, 0.717) is 18.1 Å². The molecule has 0 unspecified atom stereocenters. The van der Waals surface area contributed by atoms with Crippen LogP contribution in [0.2, 0.25) is 0 Å². The summed E-state index contributed by atoms with van der Waals surface area (Å²) in [5.74, 6) is 1.33. The molecule has 0 saturated heterocycles. The molecule has 2 aromatic heterocycles. The number of para-hydroxylation sites is 1. The van der Waals surface area contributed by atoms with Crippen LogP contribution in [0.15, 0.2) is 53.3 Å². The van der Waals surface area contributed by atoms with Gasteiger partial charge in [0.05, 0.1) is 0 Å². The number of nitrogens with zero attached hydrogens (tertiary/aromatic N) is 3. The van der Waals surface area contributed by atoms with Crippen molar-refractivity contribution in [2.45, 2.75) is 18.9 Å². The van der Waals surface area contributed by atoms with Gasteiger partial charge in [-0.2, -0.15) is 4.98 Å². The number of fused-ring (bicyclic) bond motifs is 1. The lowest BCUT2D eigenvalue weighted by molar-refractivity contribution is 0.360. The quantitative estimate of drug-likeness (QED) is 0.798. The van der Waals surface area contributed by atoms with Crippen molar-refractivity contribution in [1.82, 2.24) is 15.1 Å². The SMILES string of the molecule is c1cncc(Cc2noc([C@@H]3Cc4ccccc4N3)n2)c1. The Balaban J connectivity index is 1.51. The molecule has 1 aliphatic rings. The normalized spacial score (nSPS) is 16.5. The van der Waals surface area contributed by atoms with Crippen LogP contribution in [0.5, 0.6) is 0 Å². The molecule has 0 radical (unpaired) electrons. The monoisotopic (exact) mass is 278 g/mol. The number of aromatic nitrogens is 3. The van der Waals surface area contributed by atoms with Gasteiger partial charge in [0.25, 0.3) is 0 Å². The van der Waals surface area contributed by atoms with Crippen molar-refractivity contribution in [3.63, 3.8) is 0 Å². The number of hydrogen-bond donors (Lipinski definition) is 1. The minimum atomic E-state index is 0.0672. The fraction of sp³-hybridized carbons (Fsp3) is 0.188. The van der Waals surface area contributed by atoms with Crippen LogP contribution >= 0.6 is 0 Å². The molecule has 0 spiro atoms. The molecule has 5 nitrogen and oxygen atoms in total. The molecular formula is C16H14N4O. The molecule has 104 valence electrons. The van der Waals surface area contributed by atoms with E-state index in [4.69, 9.17) is 4.52 Å². The standard InChI is InChI=1S/C16H14N4O/c1-2-6-13-12(5-1)9-14(18-13)16-19-15(20-21-16)8-11-4-3-7-17-10-11/h1-7,10,14,18H,8-9H2/t14-/m0/s1. The third-order valence-electron chi connectivity index (χ3n) is 3.64. The highest BCUT2D eigenvalue weighted by atomic mass is 16.5. The summed E-state index contributed by atoms with van der Waals surface area (Å²) < 4.78 is 5.41. The summed E-state index contributed by atoms with van der Waals surface area (Å²) >= 11 is 0. The maximum Gasteiger partial charge on any atom is 0.249 e. The molecule has 4 rings (SSSR count). The van der Waals surface area contributed by atoms with Gasteiger partial charge in [-0.05, 0) is 23.3 Å². The minimum absolute atomic E-state index is 0.0672. The molecule has 0 amide bonds. The molecule has 5 heteroatoms. The molecule has 1 N–H and O–H groups in total. The number of nitrogens with one attached hydrogen (secondary N) is 1. The highest BCUT2D eigenvalue weighted by molar-refractivity contribution is 5.56. The van der Waals surface area contributed by atoms with Gasteiger partial charge in [-0.15, -0.1) is 0 Å². The highest BCUT2D eigenvalue weighted by Gasteiger charge is 2.26. The van der Waals surface area contributed by atoms with Crippen LogP contribution in [-0.2, 0) is 12.8 Å². The molecule has 3 aromatic rings. The first-order chi connectivity index (χ1) is 10.4. The van der Waals surface area contributed by atoms with Crippen LogP contribution in [-0.4, -0.2) is 15.1 Å². The van der Waals surface area contributed by atoms with E-state index in [1.165, 1.54) is 5.56 Å². The lowest BCUT2D eigenvalue weighted by Gasteiger charge is -2.04. The van der Waals surface area contributed by atoms with Crippen molar-refractivity contribution in [2.75, 3.05) is 5.32 Å². The summed E-state index contributed by atoms with van der Waals surface area (Å²) in [4.78, 5) is 8.60. The summed E-state index contributed by atoms with van der Waals surface area (Å²) in [6, 6.07) is 12.2. The van der Waals surface area contributed by atoms with Gasteiger partial charge in [0.1, 0.15) is 6.04 Å². The predicted octanol–water partition coefficient (Wildman–Crippen LogP) is 2.76. The number of hydrogen-bond acceptors (Lipinski definition) is 5. The third kappa shape index (κ3) is 2.38. The highest BCUT2D eigenvalue weighted by Crippen LogP contribution is 2.33. The van der Waals surface area contributed by atoms with E-state index >= 15 is 0 Å². The Morgan fingerprint density at radius 1 is 1.19 bits per heavy atom. The van der Waals surface area contributed by atoms with Crippen LogP contribution in [0.1, 0.15) is 28.9 Å². The smallest absolute Gasteiger partial charge is 0.249 e. The summed E-state index contributed by atoms with van der Waals surface area (Å²) in [7, 11) is 0. The first kappa shape index (κ1) is 12.1. The van der Waals surface area contributed by atoms with E-state index in [9.17, 15) is 0 Å². The van der Waals surface area contributed by atoms with E-state index in [-0.39, 0.29) is 6.04 Å². The van der Waals surface area contributed by atoms with Gasteiger partial charge in [-0.25, -0.2) is 0 Å². The van der Waals surface area contributed by atoms with E-state index in [1.807, 2.05) is 30.5 Å². The minimum Gasteiger partial charge on any atom is -0.373 e. The fourth-order valence-corrected chi connectivity index (χ4v) is 2.61. The van der Waals surface area contributed by atoms with Gasteiger partial charge < -0.3 is 9.84 Å². The lowest BCUT2D eigenvalue weighted by Crippen LogP contribution is -2.06. The fourth-order valence-electron chi connectivity index (χ4n) is 2.61. The summed E-state index contributed by atoms with van der Waals surface area (Å²) in [6.45, 7) is 0. The Kier molecular flexibility index (Phi) is 2.88. The molecule has 0 aliphatic carbocycles. The van der Waals surface area contributed by atoms with Crippen molar-refractivity contribution < 1.29 is 4.52 Å². The van der Waals surface area contributed by atoms with Crippen molar-refractivity contribution in [3.8, 4) is 0 Å². The second-order valence-corrected chi connectivity index (χ2v) is 5.15. The third-order valence-corrected chi connectivity index (χ3v) is 3.64. The van der Waals surface area contributed by atoms with Gasteiger partial charge in [-0.3, -0.25) is 4.98 Å². The zero-order chi connectivity index (χ0) is 14.1. The first-order valence-corrected chi connectivity index (χ1v) is 6.94. The Labute approximate surface area is 122 Å². The van der Waals surface area contributed by atoms with E-state index in [2.05, 4.69) is 32.6 Å². The average Bonchev–Trinajstić information content (AvgIpc) is 3.14. The van der Waals surface area contributed by atoms with E-state index < -0.39 is 0 Å². The zero-order valence-corrected chi connectivity index (χ0v) is 11.4. The molecule has 1 aromatic carbocycles. The Bertz CT molecular complexity index is 729. The molecule has 21 heavy (non-hydrogen) atoms. The van der Waals surface area contributed by atoms with Gasteiger partial charge in [0.2, 0.25) is 5.89 Å². The molecule has 0 saturated carbocycles. The van der Waals surface area contributed by atoms with Crippen molar-refractivity contribution in [2.24, 2.45) is 0 Å². The van der Waals surface area contributed by atoms with Crippen molar-refractivity contribution in [1.29, 1.82) is 0 Å². The molecule has 0 bridgehead atoms. The lowest BCUT2D eigenvalue weighted by atomic mass is 10.1. The van der Waals surface area contributed by atoms with Crippen molar-refractivity contribution >= 4 is 5.69 Å². The Morgan fingerprint density at radius 3 is 3.00 bits per heavy atom. The number of benzene rings is 1. The molecule has 3 heterocycles. The largest absolute Gasteiger partial charge is 0.373 e. The van der Waals surface area contributed by atoms with E-state index in [0.717, 1.165) is 17.7 Å². The molecule has 1 atom stereocenters. The average molecular weight is 278 g/mol. The molecule has 1 aliphatic heterocycles. The van der Waals surface area contributed by atoms with Crippen LogP contribution in [0.25, 0.3) is 0 Å². The van der Waals surface area contributed by atoms with Crippen LogP contribution in [0.3, 0.4) is 0 Å². The maximum atomic E-state index is 5.41. The maximum absolute atomic E-state index is 5.41. The summed E-state index contributed by atoms with van der Waals surface area (Å²) in [5.41, 5.74) is 3.51. The summed E-state index contributed by atoms with van der Waals surface area (Å²) in [6.07, 6.45) is 5.09. The Morgan fingerprint density at radius 2 is 2.14 bits per heavy atom. The van der Waals surface area contributed by atoms with E-state index in [1.54, 1.807) is 6.20 Å².